The van der Waals surface area contributed by atoms with Crippen molar-refractivity contribution in [1.82, 2.24) is 5.32 Å². The van der Waals surface area contributed by atoms with Gasteiger partial charge in [-0.15, -0.1) is 11.8 Å². The number of nitrogens with one attached hydrogen (secondary N) is 1. The number of nitrogens with zero attached hydrogens (tertiary/aromatic N) is 1. The van der Waals surface area contributed by atoms with Crippen molar-refractivity contribution in [3.8, 4) is 0 Å². The topological polar surface area (TPSA) is 32.3 Å². The maximum Gasteiger partial charge on any atom is 0.230 e. The Balaban J connectivity index is 1.43. The molecule has 0 aliphatic carbocycles. The Morgan fingerprint density at radius 2 is 1.70 bits per heavy atom. The molecule has 1 heterocycles. The van der Waals surface area contributed by atoms with Crippen molar-refractivity contribution in [3.63, 3.8) is 0 Å². The van der Waals surface area contributed by atoms with Crippen LogP contribution >= 0.6 is 11.8 Å². The molecule has 0 aromatic heterocycles. The molecular weight excluding hydrogens is 304 g/mol. The number of rotatable bonds is 6. The van der Waals surface area contributed by atoms with E-state index in [1.54, 1.807) is 11.8 Å². The lowest BCUT2D eigenvalue weighted by Crippen LogP contribution is -2.24. The fourth-order valence-electron chi connectivity index (χ4n) is 2.72. The molecule has 1 amide bonds. The van der Waals surface area contributed by atoms with E-state index in [1.165, 1.54) is 18.5 Å². The number of carbonyl (C=O) groups is 1. The van der Waals surface area contributed by atoms with Crippen LogP contribution in [0, 0.1) is 0 Å². The van der Waals surface area contributed by atoms with Crippen molar-refractivity contribution in [2.75, 3.05) is 23.7 Å². The largest absolute Gasteiger partial charge is 0.372 e. The minimum atomic E-state index is 0.0717. The van der Waals surface area contributed by atoms with E-state index in [0.717, 1.165) is 23.5 Å². The molecule has 0 atom stereocenters. The van der Waals surface area contributed by atoms with Crippen molar-refractivity contribution in [2.45, 2.75) is 24.3 Å². The van der Waals surface area contributed by atoms with Gasteiger partial charge in [0.2, 0.25) is 5.91 Å². The molecule has 3 nitrogen and oxygen atoms in total. The van der Waals surface area contributed by atoms with Crippen molar-refractivity contribution < 1.29 is 4.79 Å². The van der Waals surface area contributed by atoms with E-state index in [4.69, 9.17) is 0 Å². The molecule has 0 bridgehead atoms. The van der Waals surface area contributed by atoms with Crippen LogP contribution in [0.15, 0.2) is 59.5 Å². The standard InChI is InChI=1S/C19H22N2OS/c22-19(15-23-18-6-2-1-3-7-18)20-14-16-8-10-17(11-9-16)21-12-4-5-13-21/h1-3,6-11H,4-5,12-15H2,(H,20,22). The van der Waals surface area contributed by atoms with Crippen LogP contribution in [0.1, 0.15) is 18.4 Å². The fourth-order valence-corrected chi connectivity index (χ4v) is 3.47. The summed E-state index contributed by atoms with van der Waals surface area (Å²) in [6, 6.07) is 18.5. The molecule has 2 aromatic carbocycles. The van der Waals surface area contributed by atoms with E-state index < -0.39 is 0 Å². The zero-order chi connectivity index (χ0) is 15.9. The van der Waals surface area contributed by atoms with Gasteiger partial charge >= 0.3 is 0 Å². The van der Waals surface area contributed by atoms with Crippen LogP contribution in [0.5, 0.6) is 0 Å². The predicted octanol–water partition coefficient (Wildman–Crippen LogP) is 3.70. The molecule has 3 rings (SSSR count). The molecule has 0 radical (unpaired) electrons. The first-order valence-corrected chi connectivity index (χ1v) is 9.08. The van der Waals surface area contributed by atoms with E-state index in [9.17, 15) is 4.79 Å². The van der Waals surface area contributed by atoms with Crippen LogP contribution in [0.25, 0.3) is 0 Å². The molecule has 23 heavy (non-hydrogen) atoms. The maximum absolute atomic E-state index is 11.9. The molecule has 4 heteroatoms. The third-order valence-electron chi connectivity index (χ3n) is 4.01. The summed E-state index contributed by atoms with van der Waals surface area (Å²) in [5.74, 6) is 0.526. The van der Waals surface area contributed by atoms with Crippen molar-refractivity contribution in [3.05, 3.63) is 60.2 Å². The van der Waals surface area contributed by atoms with Gasteiger partial charge in [0.05, 0.1) is 5.75 Å². The molecular formula is C19H22N2OS. The van der Waals surface area contributed by atoms with Gasteiger partial charge in [0.25, 0.3) is 0 Å². The first-order chi connectivity index (χ1) is 11.3. The quantitative estimate of drug-likeness (QED) is 0.822. The highest BCUT2D eigenvalue weighted by molar-refractivity contribution is 8.00. The molecule has 2 aromatic rings. The number of hydrogen-bond donors (Lipinski definition) is 1. The SMILES string of the molecule is O=C(CSc1ccccc1)NCc1ccc(N2CCCC2)cc1. The minimum Gasteiger partial charge on any atom is -0.372 e. The molecule has 1 aliphatic heterocycles. The van der Waals surface area contributed by atoms with Gasteiger partial charge in [-0.1, -0.05) is 30.3 Å². The van der Waals surface area contributed by atoms with Crippen molar-refractivity contribution in [2.24, 2.45) is 0 Å². The molecule has 120 valence electrons. The number of thioether (sulfide) groups is 1. The average Bonchev–Trinajstić information content (AvgIpc) is 3.14. The first kappa shape index (κ1) is 15.9. The number of benzene rings is 2. The second-order valence-corrected chi connectivity index (χ2v) is 6.79. The van der Waals surface area contributed by atoms with Gasteiger partial charge in [0.1, 0.15) is 0 Å². The van der Waals surface area contributed by atoms with Gasteiger partial charge < -0.3 is 10.2 Å². The third kappa shape index (κ3) is 4.76. The molecule has 0 saturated carbocycles. The van der Waals surface area contributed by atoms with Gasteiger partial charge in [-0.3, -0.25) is 4.79 Å². The summed E-state index contributed by atoms with van der Waals surface area (Å²) >= 11 is 1.56. The number of carbonyl (C=O) groups excluding carboxylic acids is 1. The van der Waals surface area contributed by atoms with Gasteiger partial charge in [-0.25, -0.2) is 0 Å². The molecule has 1 N–H and O–H groups in total. The van der Waals surface area contributed by atoms with E-state index in [1.807, 2.05) is 30.3 Å². The summed E-state index contributed by atoms with van der Waals surface area (Å²) in [6.45, 7) is 2.91. The van der Waals surface area contributed by atoms with Crippen LogP contribution in [-0.2, 0) is 11.3 Å². The third-order valence-corrected chi connectivity index (χ3v) is 5.02. The van der Waals surface area contributed by atoms with Crippen LogP contribution in [0.3, 0.4) is 0 Å². The van der Waals surface area contributed by atoms with Crippen LogP contribution < -0.4 is 10.2 Å². The maximum atomic E-state index is 11.9. The Bertz CT molecular complexity index is 622. The Morgan fingerprint density at radius 3 is 2.39 bits per heavy atom. The molecule has 0 spiro atoms. The van der Waals surface area contributed by atoms with E-state index in [-0.39, 0.29) is 5.91 Å². The zero-order valence-electron chi connectivity index (χ0n) is 13.2. The molecule has 1 aliphatic rings. The van der Waals surface area contributed by atoms with Gasteiger partial charge in [-0.05, 0) is 42.7 Å². The summed E-state index contributed by atoms with van der Waals surface area (Å²) in [4.78, 5) is 15.5. The van der Waals surface area contributed by atoms with Crippen molar-refractivity contribution in [1.29, 1.82) is 0 Å². The summed E-state index contributed by atoms with van der Waals surface area (Å²) < 4.78 is 0. The van der Waals surface area contributed by atoms with Gasteiger partial charge in [-0.2, -0.15) is 0 Å². The number of anilines is 1. The fraction of sp³-hybridized carbons (Fsp3) is 0.316. The Morgan fingerprint density at radius 1 is 1.00 bits per heavy atom. The molecule has 0 unspecified atom stereocenters. The Kier molecular flexibility index (Phi) is 5.59. The lowest BCUT2D eigenvalue weighted by Gasteiger charge is -2.17. The van der Waals surface area contributed by atoms with E-state index in [2.05, 4.69) is 34.5 Å². The lowest BCUT2D eigenvalue weighted by atomic mass is 10.2. The van der Waals surface area contributed by atoms with E-state index >= 15 is 0 Å². The molecule has 1 saturated heterocycles. The summed E-state index contributed by atoms with van der Waals surface area (Å²) in [6.07, 6.45) is 2.58. The van der Waals surface area contributed by atoms with Crippen LogP contribution in [0.2, 0.25) is 0 Å². The minimum absolute atomic E-state index is 0.0717. The lowest BCUT2D eigenvalue weighted by molar-refractivity contribution is -0.118. The smallest absolute Gasteiger partial charge is 0.230 e. The van der Waals surface area contributed by atoms with Gasteiger partial charge in [0.15, 0.2) is 0 Å². The Labute approximate surface area is 142 Å². The van der Waals surface area contributed by atoms with Crippen LogP contribution in [0.4, 0.5) is 5.69 Å². The van der Waals surface area contributed by atoms with Gasteiger partial charge in [0, 0.05) is 30.2 Å². The molecule has 1 fully saturated rings. The average molecular weight is 326 g/mol. The number of amides is 1. The highest BCUT2D eigenvalue weighted by Crippen LogP contribution is 2.20. The van der Waals surface area contributed by atoms with Crippen molar-refractivity contribution >= 4 is 23.4 Å². The second-order valence-electron chi connectivity index (χ2n) is 5.74. The highest BCUT2D eigenvalue weighted by atomic mass is 32.2. The summed E-state index contributed by atoms with van der Waals surface area (Å²) in [7, 11) is 0. The highest BCUT2D eigenvalue weighted by Gasteiger charge is 2.11. The predicted molar refractivity (Wildman–Crippen MR) is 96.9 cm³/mol. The monoisotopic (exact) mass is 326 g/mol. The zero-order valence-corrected chi connectivity index (χ0v) is 14.0. The summed E-state index contributed by atoms with van der Waals surface area (Å²) in [5.41, 5.74) is 2.43. The second kappa shape index (κ2) is 8.06. The normalized spacial score (nSPS) is 14.0. The number of hydrogen-bond acceptors (Lipinski definition) is 3. The van der Waals surface area contributed by atoms with Crippen LogP contribution in [-0.4, -0.2) is 24.7 Å². The summed E-state index contributed by atoms with van der Waals surface area (Å²) in [5, 5.41) is 2.98. The first-order valence-electron chi connectivity index (χ1n) is 8.10. The Hall–Kier alpha value is -1.94. The van der Waals surface area contributed by atoms with E-state index in [0.29, 0.717) is 12.3 Å².